The van der Waals surface area contributed by atoms with Crippen LogP contribution < -0.4 is 9.46 Å². The predicted molar refractivity (Wildman–Crippen MR) is 111 cm³/mol. The third-order valence-corrected chi connectivity index (χ3v) is 4.98. The first kappa shape index (κ1) is 23.5. The lowest BCUT2D eigenvalue weighted by Crippen LogP contribution is -2.35. The van der Waals surface area contributed by atoms with E-state index in [4.69, 9.17) is 16.3 Å². The summed E-state index contributed by atoms with van der Waals surface area (Å²) < 4.78 is 20.3. The molecule has 1 aromatic heterocycles. The van der Waals surface area contributed by atoms with Gasteiger partial charge in [-0.1, -0.05) is 11.6 Å². The van der Waals surface area contributed by atoms with E-state index in [1.807, 2.05) is 27.7 Å². The van der Waals surface area contributed by atoms with Crippen LogP contribution in [-0.2, 0) is 11.0 Å². The molecule has 0 aliphatic rings. The first-order valence-electron chi connectivity index (χ1n) is 6.91. The monoisotopic (exact) mass is 409 g/mol. The average Bonchev–Trinajstić information content (AvgIpc) is 2.44. The zero-order chi connectivity index (χ0) is 16.5. The van der Waals surface area contributed by atoms with Crippen LogP contribution in [0, 0.1) is 0 Å². The summed E-state index contributed by atoms with van der Waals surface area (Å²) in [5.41, 5.74) is 1.99. The Hall–Kier alpha value is -0.540. The van der Waals surface area contributed by atoms with E-state index >= 15 is 0 Å². The molecule has 2 aromatic rings. The Morgan fingerprint density at radius 2 is 1.83 bits per heavy atom. The Morgan fingerprint density at radius 3 is 2.38 bits per heavy atom. The molecule has 0 fully saturated rings. The van der Waals surface area contributed by atoms with Crippen molar-refractivity contribution in [1.82, 2.24) is 14.7 Å². The summed E-state index contributed by atoms with van der Waals surface area (Å²) in [6.45, 7) is 7.61. The highest BCUT2D eigenvalue weighted by Gasteiger charge is 2.24. The number of hydrogen-bond donors (Lipinski definition) is 1. The number of methoxy groups -OCH3 is 1. The molecule has 2 atom stereocenters. The number of nitrogens with one attached hydrogen (secondary N) is 1. The fraction of sp³-hybridized carbons (Fsp3) is 0.467. The second kappa shape index (κ2) is 9.24. The van der Waals surface area contributed by atoms with E-state index in [-0.39, 0.29) is 37.8 Å². The highest BCUT2D eigenvalue weighted by Crippen LogP contribution is 2.26. The van der Waals surface area contributed by atoms with Crippen LogP contribution in [0.25, 0.3) is 11.0 Å². The van der Waals surface area contributed by atoms with Gasteiger partial charge in [-0.25, -0.2) is 18.9 Å². The summed E-state index contributed by atoms with van der Waals surface area (Å²) in [5.74, 6) is 0.417. The van der Waals surface area contributed by atoms with E-state index in [0.29, 0.717) is 27.6 Å². The fourth-order valence-corrected chi connectivity index (χ4v) is 2.80. The highest BCUT2D eigenvalue weighted by molar-refractivity contribution is 7.84. The van der Waals surface area contributed by atoms with Gasteiger partial charge in [-0.05, 0) is 45.9 Å². The van der Waals surface area contributed by atoms with Gasteiger partial charge in [-0.15, -0.1) is 0 Å². The van der Waals surface area contributed by atoms with Crippen LogP contribution in [0.1, 0.15) is 39.4 Å². The second-order valence-corrected chi connectivity index (χ2v) is 8.41. The Balaban J connectivity index is 0.00000264. The summed E-state index contributed by atoms with van der Waals surface area (Å²) in [5, 5.41) is 0.594. The van der Waals surface area contributed by atoms with Crippen LogP contribution in [-0.4, -0.2) is 26.0 Å². The smallest absolute Gasteiger partial charge is 0.237 e. The maximum Gasteiger partial charge on any atom is 0.237 e. The first-order chi connectivity index (χ1) is 10.2. The van der Waals surface area contributed by atoms with Crippen molar-refractivity contribution in [2.75, 3.05) is 7.11 Å². The molecule has 0 radical (unpaired) electrons. The fourth-order valence-electron chi connectivity index (χ4n) is 1.85. The second-order valence-electron chi connectivity index (χ2n) is 5.97. The van der Waals surface area contributed by atoms with Crippen molar-refractivity contribution in [3.63, 3.8) is 0 Å². The van der Waals surface area contributed by atoms with Gasteiger partial charge in [0.15, 0.2) is 0 Å². The predicted octanol–water partition coefficient (Wildman–Crippen LogP) is 3.63. The molecular formula is C15H24ClN3O2S3. The molecule has 0 spiro atoms. The minimum absolute atomic E-state index is 0. The molecule has 0 amide bonds. The van der Waals surface area contributed by atoms with Crippen molar-refractivity contribution >= 4 is 60.6 Å². The Labute approximate surface area is 164 Å². The van der Waals surface area contributed by atoms with Gasteiger partial charge in [0, 0.05) is 5.02 Å². The maximum absolute atomic E-state index is 12.3. The van der Waals surface area contributed by atoms with Crippen molar-refractivity contribution < 1.29 is 8.95 Å². The number of fused-ring (bicyclic) bond motifs is 1. The molecule has 1 N–H and O–H groups in total. The molecule has 5 nitrogen and oxygen atoms in total. The van der Waals surface area contributed by atoms with Gasteiger partial charge in [-0.2, -0.15) is 27.0 Å². The summed E-state index contributed by atoms with van der Waals surface area (Å²) >= 11 is 6.01. The normalized spacial score (nSPS) is 13.6. The summed E-state index contributed by atoms with van der Waals surface area (Å²) in [6, 6.07) is 5.03. The topological polar surface area (TPSA) is 64.1 Å². The molecule has 0 saturated heterocycles. The number of benzene rings is 1. The molecular weight excluding hydrogens is 386 g/mol. The molecule has 9 heteroatoms. The van der Waals surface area contributed by atoms with E-state index in [2.05, 4.69) is 14.7 Å². The molecule has 0 unspecified atom stereocenters. The van der Waals surface area contributed by atoms with Gasteiger partial charge in [0.1, 0.15) is 5.69 Å². The maximum atomic E-state index is 12.3. The molecule has 0 saturated carbocycles. The third kappa shape index (κ3) is 5.49. The molecule has 136 valence electrons. The molecule has 0 bridgehead atoms. The molecule has 1 aromatic carbocycles. The largest absolute Gasteiger partial charge is 0.480 e. The molecule has 2 rings (SSSR count). The lowest BCUT2D eigenvalue weighted by molar-refractivity contribution is 0.386. The zero-order valence-electron chi connectivity index (χ0n) is 14.3. The standard InChI is InChI=1S/C15H20ClN3O2S.2H2S/c1-9(19-22(20)15(2,3)4)13-14(21-5)18-11-7-6-10(16)8-12(11)17-13;;/h6-9,19H,1-5H3;2*1H2/t9-,22-;;/m0../s1. The molecule has 1 heterocycles. The van der Waals surface area contributed by atoms with E-state index in [0.717, 1.165) is 0 Å². The summed E-state index contributed by atoms with van der Waals surface area (Å²) in [4.78, 5) is 9.02. The van der Waals surface area contributed by atoms with Crippen molar-refractivity contribution in [3.05, 3.63) is 28.9 Å². The van der Waals surface area contributed by atoms with Crippen LogP contribution in [0.3, 0.4) is 0 Å². The van der Waals surface area contributed by atoms with Crippen molar-refractivity contribution in [2.24, 2.45) is 0 Å². The van der Waals surface area contributed by atoms with Crippen LogP contribution in [0.4, 0.5) is 0 Å². The van der Waals surface area contributed by atoms with Gasteiger partial charge in [0.05, 0.1) is 39.9 Å². The first-order valence-corrected chi connectivity index (χ1v) is 8.44. The third-order valence-electron chi connectivity index (χ3n) is 3.06. The number of rotatable bonds is 4. The minimum Gasteiger partial charge on any atom is -0.480 e. The van der Waals surface area contributed by atoms with Gasteiger partial charge >= 0.3 is 0 Å². The van der Waals surface area contributed by atoms with Gasteiger partial charge < -0.3 is 4.74 Å². The van der Waals surface area contributed by atoms with Crippen LogP contribution >= 0.6 is 38.6 Å². The Bertz CT molecular complexity index is 723. The Morgan fingerprint density at radius 1 is 1.21 bits per heavy atom. The van der Waals surface area contributed by atoms with Crippen LogP contribution in [0.15, 0.2) is 18.2 Å². The number of halogens is 1. The van der Waals surface area contributed by atoms with Crippen molar-refractivity contribution in [2.45, 2.75) is 38.5 Å². The highest BCUT2D eigenvalue weighted by atomic mass is 35.5. The van der Waals surface area contributed by atoms with Gasteiger partial charge in [0.25, 0.3) is 0 Å². The van der Waals surface area contributed by atoms with E-state index in [1.165, 1.54) is 0 Å². The lowest BCUT2D eigenvalue weighted by atomic mass is 10.2. The minimum atomic E-state index is -1.22. The van der Waals surface area contributed by atoms with Crippen LogP contribution in [0.2, 0.25) is 5.02 Å². The molecule has 0 aliphatic carbocycles. The van der Waals surface area contributed by atoms with E-state index in [1.54, 1.807) is 25.3 Å². The average molecular weight is 410 g/mol. The number of ether oxygens (including phenoxy) is 1. The number of aromatic nitrogens is 2. The van der Waals surface area contributed by atoms with Crippen molar-refractivity contribution in [1.29, 1.82) is 0 Å². The van der Waals surface area contributed by atoms with Gasteiger partial charge in [-0.3, -0.25) is 0 Å². The lowest BCUT2D eigenvalue weighted by Gasteiger charge is -2.22. The number of hydrogen-bond acceptors (Lipinski definition) is 4. The quantitative estimate of drug-likeness (QED) is 0.837. The zero-order valence-corrected chi connectivity index (χ0v) is 17.9. The van der Waals surface area contributed by atoms with E-state index < -0.39 is 11.0 Å². The SMILES string of the molecule is COc1nc2ccc(Cl)cc2nc1[C@H](C)N[S@@](=O)C(C)(C)C.S.S. The van der Waals surface area contributed by atoms with Crippen LogP contribution in [0.5, 0.6) is 5.88 Å². The summed E-state index contributed by atoms with van der Waals surface area (Å²) in [6.07, 6.45) is 0. The summed E-state index contributed by atoms with van der Waals surface area (Å²) in [7, 11) is 0.329. The molecule has 24 heavy (non-hydrogen) atoms. The molecule has 0 aliphatic heterocycles. The Kier molecular flexibility index (Phi) is 9.03. The van der Waals surface area contributed by atoms with Gasteiger partial charge in [0.2, 0.25) is 5.88 Å². The van der Waals surface area contributed by atoms with Crippen molar-refractivity contribution in [3.8, 4) is 5.88 Å². The number of nitrogens with zero attached hydrogens (tertiary/aromatic N) is 2. The van der Waals surface area contributed by atoms with E-state index in [9.17, 15) is 4.21 Å².